The van der Waals surface area contributed by atoms with Crippen molar-refractivity contribution < 1.29 is 19.5 Å². The highest BCUT2D eigenvalue weighted by molar-refractivity contribution is 6.13. The Hall–Kier alpha value is -4.45. The third-order valence-corrected chi connectivity index (χ3v) is 4.83. The van der Waals surface area contributed by atoms with Crippen molar-refractivity contribution >= 4 is 39.9 Å². The summed E-state index contributed by atoms with van der Waals surface area (Å²) in [6.07, 6.45) is 0. The molecule has 0 unspecified atom stereocenters. The maximum Gasteiger partial charge on any atom is 0.335 e. The molecule has 3 N–H and O–H groups in total. The van der Waals surface area contributed by atoms with Gasteiger partial charge in [-0.1, -0.05) is 36.4 Å². The summed E-state index contributed by atoms with van der Waals surface area (Å²) in [5, 5.41) is 16.4. The maximum absolute atomic E-state index is 12.7. The number of rotatable bonds is 5. The van der Waals surface area contributed by atoms with Gasteiger partial charge < -0.3 is 15.7 Å². The highest BCUT2D eigenvalue weighted by Gasteiger charge is 2.11. The normalized spacial score (nSPS) is 10.5. The number of benzene rings is 4. The van der Waals surface area contributed by atoms with Crippen LogP contribution >= 0.6 is 0 Å². The number of anilines is 2. The Morgan fingerprint density at radius 1 is 0.581 bits per heavy atom. The Kier molecular flexibility index (Phi) is 5.45. The molecular formula is C25H18N2O4. The van der Waals surface area contributed by atoms with Crippen molar-refractivity contribution in [3.8, 4) is 0 Å². The van der Waals surface area contributed by atoms with Crippen molar-refractivity contribution in [2.45, 2.75) is 0 Å². The van der Waals surface area contributed by atoms with Crippen LogP contribution in [0.1, 0.15) is 31.1 Å². The van der Waals surface area contributed by atoms with Crippen LogP contribution < -0.4 is 10.6 Å². The summed E-state index contributed by atoms with van der Waals surface area (Å²) in [6, 6.07) is 25.7. The van der Waals surface area contributed by atoms with Gasteiger partial charge in [0.05, 0.1) is 5.56 Å². The van der Waals surface area contributed by atoms with Gasteiger partial charge in [-0.3, -0.25) is 9.59 Å². The Labute approximate surface area is 178 Å². The lowest BCUT2D eigenvalue weighted by Gasteiger charge is -2.09. The number of carboxylic acid groups (broad SMARTS) is 1. The molecule has 2 amide bonds. The van der Waals surface area contributed by atoms with Crippen LogP contribution in [-0.2, 0) is 0 Å². The van der Waals surface area contributed by atoms with E-state index in [4.69, 9.17) is 5.11 Å². The van der Waals surface area contributed by atoms with Gasteiger partial charge in [0.1, 0.15) is 0 Å². The van der Waals surface area contributed by atoms with Gasteiger partial charge in [0, 0.05) is 22.5 Å². The smallest absolute Gasteiger partial charge is 0.335 e. The average Bonchev–Trinajstić information content (AvgIpc) is 2.79. The second kappa shape index (κ2) is 8.51. The van der Waals surface area contributed by atoms with E-state index in [-0.39, 0.29) is 17.4 Å². The maximum atomic E-state index is 12.7. The Morgan fingerprint density at radius 3 is 1.77 bits per heavy atom. The topological polar surface area (TPSA) is 95.5 Å². The highest BCUT2D eigenvalue weighted by Crippen LogP contribution is 2.20. The van der Waals surface area contributed by atoms with Crippen LogP contribution in [0, 0.1) is 0 Å². The van der Waals surface area contributed by atoms with E-state index in [1.165, 1.54) is 24.3 Å². The highest BCUT2D eigenvalue weighted by atomic mass is 16.4. The first kappa shape index (κ1) is 19.8. The lowest BCUT2D eigenvalue weighted by Crippen LogP contribution is -2.14. The quantitative estimate of drug-likeness (QED) is 0.429. The third kappa shape index (κ3) is 4.43. The van der Waals surface area contributed by atoms with Crippen molar-refractivity contribution in [1.82, 2.24) is 0 Å². The molecule has 6 nitrogen and oxygen atoms in total. The van der Waals surface area contributed by atoms with E-state index in [2.05, 4.69) is 10.6 Å². The summed E-state index contributed by atoms with van der Waals surface area (Å²) in [4.78, 5) is 36.1. The molecule has 152 valence electrons. The fourth-order valence-electron chi connectivity index (χ4n) is 3.23. The molecule has 0 aliphatic heterocycles. The minimum Gasteiger partial charge on any atom is -0.478 e. The Balaban J connectivity index is 1.44. The molecule has 6 heteroatoms. The van der Waals surface area contributed by atoms with Crippen molar-refractivity contribution in [2.75, 3.05) is 10.6 Å². The second-order valence-corrected chi connectivity index (χ2v) is 6.89. The molecule has 31 heavy (non-hydrogen) atoms. The number of fused-ring (bicyclic) bond motifs is 1. The summed E-state index contributed by atoms with van der Waals surface area (Å²) in [5.41, 5.74) is 2.18. The fourth-order valence-corrected chi connectivity index (χ4v) is 3.23. The zero-order chi connectivity index (χ0) is 21.8. The standard InChI is InChI=1S/C25H18N2O4/c28-23(26-19-14-10-18(11-15-19)25(30)31)17-8-12-20(13-9-17)27-24(29)22-7-3-5-16-4-1-2-6-21(16)22/h1-15H,(H,26,28)(H,27,29)(H,30,31). The number of carboxylic acids is 1. The molecule has 0 spiro atoms. The van der Waals surface area contributed by atoms with Crippen molar-refractivity contribution in [3.05, 3.63) is 108 Å². The molecule has 4 aromatic rings. The molecule has 0 radical (unpaired) electrons. The Bertz CT molecular complexity index is 1270. The number of carbonyl (C=O) groups is 3. The van der Waals surface area contributed by atoms with Gasteiger partial charge >= 0.3 is 5.97 Å². The summed E-state index contributed by atoms with van der Waals surface area (Å²) in [6.45, 7) is 0. The number of carbonyl (C=O) groups excluding carboxylic acids is 2. The van der Waals surface area contributed by atoms with E-state index in [0.29, 0.717) is 22.5 Å². The Morgan fingerprint density at radius 2 is 1.13 bits per heavy atom. The van der Waals surface area contributed by atoms with Crippen LogP contribution in [0.5, 0.6) is 0 Å². The molecule has 0 saturated heterocycles. The van der Waals surface area contributed by atoms with Gasteiger partial charge in [-0.15, -0.1) is 0 Å². The molecule has 0 aromatic heterocycles. The summed E-state index contributed by atoms with van der Waals surface area (Å²) >= 11 is 0. The predicted octanol–water partition coefficient (Wildman–Crippen LogP) is 5.04. The van der Waals surface area contributed by atoms with E-state index in [0.717, 1.165) is 10.8 Å². The largest absolute Gasteiger partial charge is 0.478 e. The van der Waals surface area contributed by atoms with E-state index in [1.807, 2.05) is 36.4 Å². The molecular weight excluding hydrogens is 392 g/mol. The van der Waals surface area contributed by atoms with Gasteiger partial charge in [-0.2, -0.15) is 0 Å². The van der Waals surface area contributed by atoms with Crippen molar-refractivity contribution in [1.29, 1.82) is 0 Å². The average molecular weight is 410 g/mol. The predicted molar refractivity (Wildman–Crippen MR) is 120 cm³/mol. The zero-order valence-electron chi connectivity index (χ0n) is 16.3. The number of amides is 2. The zero-order valence-corrected chi connectivity index (χ0v) is 16.3. The second-order valence-electron chi connectivity index (χ2n) is 6.89. The monoisotopic (exact) mass is 410 g/mol. The van der Waals surface area contributed by atoms with Crippen LogP contribution in [0.4, 0.5) is 11.4 Å². The molecule has 0 fully saturated rings. The van der Waals surface area contributed by atoms with Crippen LogP contribution in [0.3, 0.4) is 0 Å². The number of hydrogen-bond acceptors (Lipinski definition) is 3. The molecule has 0 heterocycles. The van der Waals surface area contributed by atoms with Crippen molar-refractivity contribution in [2.24, 2.45) is 0 Å². The molecule has 0 saturated carbocycles. The molecule has 4 rings (SSSR count). The summed E-state index contributed by atoms with van der Waals surface area (Å²) in [5.74, 6) is -1.60. The number of nitrogens with one attached hydrogen (secondary N) is 2. The fraction of sp³-hybridized carbons (Fsp3) is 0. The van der Waals surface area contributed by atoms with Gasteiger partial charge in [0.2, 0.25) is 0 Å². The molecule has 4 aromatic carbocycles. The van der Waals surface area contributed by atoms with Gasteiger partial charge in [0.15, 0.2) is 0 Å². The van der Waals surface area contributed by atoms with Crippen LogP contribution in [0.2, 0.25) is 0 Å². The number of aromatic carboxylic acids is 1. The minimum absolute atomic E-state index is 0.143. The first-order chi connectivity index (χ1) is 15.0. The minimum atomic E-state index is -1.03. The first-order valence-corrected chi connectivity index (χ1v) is 9.55. The van der Waals surface area contributed by atoms with E-state index in [9.17, 15) is 14.4 Å². The summed E-state index contributed by atoms with van der Waals surface area (Å²) in [7, 11) is 0. The van der Waals surface area contributed by atoms with Crippen molar-refractivity contribution in [3.63, 3.8) is 0 Å². The van der Waals surface area contributed by atoms with Crippen LogP contribution in [-0.4, -0.2) is 22.9 Å². The SMILES string of the molecule is O=C(O)c1ccc(NC(=O)c2ccc(NC(=O)c3cccc4ccccc34)cc2)cc1. The number of hydrogen-bond donors (Lipinski definition) is 3. The van der Waals surface area contributed by atoms with E-state index >= 15 is 0 Å². The van der Waals surface area contributed by atoms with Crippen LogP contribution in [0.25, 0.3) is 10.8 Å². The molecule has 0 bridgehead atoms. The molecule has 0 atom stereocenters. The van der Waals surface area contributed by atoms with Gasteiger partial charge in [0.25, 0.3) is 11.8 Å². The van der Waals surface area contributed by atoms with Gasteiger partial charge in [-0.25, -0.2) is 4.79 Å². The molecule has 0 aliphatic carbocycles. The lowest BCUT2D eigenvalue weighted by atomic mass is 10.0. The van der Waals surface area contributed by atoms with E-state index < -0.39 is 5.97 Å². The third-order valence-electron chi connectivity index (χ3n) is 4.83. The molecule has 0 aliphatic rings. The van der Waals surface area contributed by atoms with Crippen LogP contribution in [0.15, 0.2) is 91.0 Å². The summed E-state index contributed by atoms with van der Waals surface area (Å²) < 4.78 is 0. The van der Waals surface area contributed by atoms with E-state index in [1.54, 1.807) is 30.3 Å². The lowest BCUT2D eigenvalue weighted by molar-refractivity contribution is 0.0696. The van der Waals surface area contributed by atoms with Gasteiger partial charge in [-0.05, 0) is 65.4 Å². The first-order valence-electron chi connectivity index (χ1n) is 9.55.